The Morgan fingerprint density at radius 3 is 2.71 bits per heavy atom. The second-order valence-electron chi connectivity index (χ2n) is 3.43. The summed E-state index contributed by atoms with van der Waals surface area (Å²) in [5.41, 5.74) is 7.25. The minimum absolute atomic E-state index is 0.465. The average Bonchev–Trinajstić information content (AvgIpc) is 2.91. The second-order valence-corrected chi connectivity index (χ2v) is 5.49. The minimum atomic E-state index is 0.465. The molecule has 7 heteroatoms. The molecule has 2 N–H and O–H groups in total. The first-order valence-electron chi connectivity index (χ1n) is 5.02. The molecule has 0 spiro atoms. The lowest BCUT2D eigenvalue weighted by atomic mass is 10.4. The van der Waals surface area contributed by atoms with E-state index < -0.39 is 0 Å². The molecule has 0 aliphatic carbocycles. The quantitative estimate of drug-likeness (QED) is 0.765. The number of rotatable bonds is 2. The fourth-order valence-electron chi connectivity index (χ4n) is 1.51. The fraction of sp³-hybridized carbons (Fsp3) is 0.200. The van der Waals surface area contributed by atoms with E-state index in [1.54, 1.807) is 23.7 Å². The summed E-state index contributed by atoms with van der Waals surface area (Å²) in [5.74, 6) is 0. The zero-order chi connectivity index (χ0) is 11.8. The highest BCUT2D eigenvalue weighted by Crippen LogP contribution is 2.34. The van der Waals surface area contributed by atoms with Crippen molar-refractivity contribution in [3.8, 4) is 9.88 Å². The Morgan fingerprint density at radius 1 is 1.18 bits per heavy atom. The van der Waals surface area contributed by atoms with Crippen LogP contribution in [0.25, 0.3) is 20.4 Å². The molecule has 3 aromatic heterocycles. The van der Waals surface area contributed by atoms with Crippen molar-refractivity contribution in [1.29, 1.82) is 0 Å². The van der Waals surface area contributed by atoms with Gasteiger partial charge in [0.25, 0.3) is 0 Å². The molecule has 0 atom stereocenters. The van der Waals surface area contributed by atoms with Crippen molar-refractivity contribution < 1.29 is 0 Å². The number of fused-ring (bicyclic) bond motifs is 1. The van der Waals surface area contributed by atoms with Gasteiger partial charge in [-0.1, -0.05) is 11.3 Å². The van der Waals surface area contributed by atoms with Crippen LogP contribution in [0.15, 0.2) is 12.4 Å². The summed E-state index contributed by atoms with van der Waals surface area (Å²) in [7, 11) is 0. The molecule has 0 bridgehead atoms. The van der Waals surface area contributed by atoms with Crippen LogP contribution in [0.4, 0.5) is 0 Å². The van der Waals surface area contributed by atoms with Gasteiger partial charge in [-0.15, -0.1) is 11.3 Å². The van der Waals surface area contributed by atoms with E-state index in [4.69, 9.17) is 5.73 Å². The zero-order valence-corrected chi connectivity index (χ0v) is 10.7. The largest absolute Gasteiger partial charge is 0.325 e. The molecule has 0 saturated carbocycles. The fourth-order valence-corrected chi connectivity index (χ4v) is 3.45. The van der Waals surface area contributed by atoms with Crippen LogP contribution < -0.4 is 5.73 Å². The van der Waals surface area contributed by atoms with Gasteiger partial charge >= 0.3 is 0 Å². The molecule has 0 aliphatic rings. The number of hydrogen-bond donors (Lipinski definition) is 1. The van der Waals surface area contributed by atoms with Crippen molar-refractivity contribution in [1.82, 2.24) is 19.9 Å². The highest BCUT2D eigenvalue weighted by atomic mass is 32.1. The van der Waals surface area contributed by atoms with E-state index in [-0.39, 0.29) is 0 Å². The molecule has 0 fully saturated rings. The van der Waals surface area contributed by atoms with Crippen LogP contribution in [-0.4, -0.2) is 19.9 Å². The van der Waals surface area contributed by atoms with Gasteiger partial charge in [0.1, 0.15) is 10.0 Å². The number of aryl methyl sites for hydroxylation is 1. The van der Waals surface area contributed by atoms with Crippen molar-refractivity contribution in [3.63, 3.8) is 0 Å². The molecule has 0 amide bonds. The molecular formula is C10H9N5S2. The third-order valence-corrected chi connectivity index (χ3v) is 4.54. The standard InChI is InChI=1S/C10H9N5S2/c1-5-7(16-6(4-11)14-5)9-15-8-10(17-9)13-3-2-12-8/h2-3H,4,11H2,1H3. The number of aromatic nitrogens is 4. The Kier molecular flexibility index (Phi) is 2.58. The van der Waals surface area contributed by atoms with Crippen molar-refractivity contribution >= 4 is 33.2 Å². The molecule has 3 rings (SSSR count). The first-order chi connectivity index (χ1) is 8.28. The van der Waals surface area contributed by atoms with Gasteiger partial charge < -0.3 is 5.73 Å². The predicted octanol–water partition coefficient (Wildman–Crippen LogP) is 1.98. The Bertz CT molecular complexity index is 639. The van der Waals surface area contributed by atoms with Gasteiger partial charge in [-0.3, -0.25) is 0 Å². The highest BCUT2D eigenvalue weighted by Gasteiger charge is 2.14. The van der Waals surface area contributed by atoms with Crippen molar-refractivity contribution in [2.24, 2.45) is 5.73 Å². The smallest absolute Gasteiger partial charge is 0.190 e. The minimum Gasteiger partial charge on any atom is -0.325 e. The van der Waals surface area contributed by atoms with Crippen LogP contribution >= 0.6 is 22.7 Å². The van der Waals surface area contributed by atoms with Crippen LogP contribution in [0.3, 0.4) is 0 Å². The predicted molar refractivity (Wildman–Crippen MR) is 68.9 cm³/mol. The molecule has 0 saturated heterocycles. The third-order valence-electron chi connectivity index (χ3n) is 2.26. The molecule has 3 aromatic rings. The Labute approximate surface area is 105 Å². The molecule has 0 aliphatic heterocycles. The van der Waals surface area contributed by atoms with Gasteiger partial charge in [0, 0.05) is 18.9 Å². The van der Waals surface area contributed by atoms with Gasteiger partial charge in [-0.25, -0.2) is 19.9 Å². The van der Waals surface area contributed by atoms with E-state index in [1.165, 1.54) is 11.3 Å². The van der Waals surface area contributed by atoms with E-state index >= 15 is 0 Å². The Morgan fingerprint density at radius 2 is 2.00 bits per heavy atom. The van der Waals surface area contributed by atoms with Gasteiger partial charge in [0.15, 0.2) is 10.5 Å². The Hall–Kier alpha value is -1.44. The average molecular weight is 263 g/mol. The van der Waals surface area contributed by atoms with Crippen LogP contribution in [-0.2, 0) is 6.54 Å². The lowest BCUT2D eigenvalue weighted by Gasteiger charge is -1.88. The van der Waals surface area contributed by atoms with Gasteiger partial charge in [0.05, 0.1) is 10.6 Å². The molecule has 3 heterocycles. The maximum Gasteiger partial charge on any atom is 0.190 e. The number of nitrogens with zero attached hydrogens (tertiary/aromatic N) is 4. The Balaban J connectivity index is 2.16. The topological polar surface area (TPSA) is 77.6 Å². The summed E-state index contributed by atoms with van der Waals surface area (Å²) in [6.45, 7) is 2.44. The second kappa shape index (κ2) is 4.10. The molecule has 17 heavy (non-hydrogen) atoms. The zero-order valence-electron chi connectivity index (χ0n) is 9.04. The van der Waals surface area contributed by atoms with Crippen molar-refractivity contribution in [2.75, 3.05) is 0 Å². The van der Waals surface area contributed by atoms with Gasteiger partial charge in [-0.2, -0.15) is 0 Å². The monoisotopic (exact) mass is 263 g/mol. The van der Waals surface area contributed by atoms with E-state index in [9.17, 15) is 0 Å². The van der Waals surface area contributed by atoms with Crippen LogP contribution in [0.5, 0.6) is 0 Å². The van der Waals surface area contributed by atoms with Gasteiger partial charge in [0.2, 0.25) is 0 Å². The SMILES string of the molecule is Cc1nc(CN)sc1-c1nc2nccnc2s1. The lowest BCUT2D eigenvalue weighted by molar-refractivity contribution is 1.02. The normalized spacial score (nSPS) is 11.2. The number of thiazole rings is 2. The maximum absolute atomic E-state index is 5.59. The molecular weight excluding hydrogens is 254 g/mol. The van der Waals surface area contributed by atoms with Crippen LogP contribution in [0.2, 0.25) is 0 Å². The summed E-state index contributed by atoms with van der Waals surface area (Å²) in [6.07, 6.45) is 3.33. The molecule has 86 valence electrons. The first kappa shape index (κ1) is 10.7. The van der Waals surface area contributed by atoms with E-state index in [1.807, 2.05) is 6.92 Å². The van der Waals surface area contributed by atoms with Crippen LogP contribution in [0.1, 0.15) is 10.7 Å². The van der Waals surface area contributed by atoms with Crippen LogP contribution in [0, 0.1) is 6.92 Å². The van der Waals surface area contributed by atoms with E-state index in [0.717, 1.165) is 25.4 Å². The lowest BCUT2D eigenvalue weighted by Crippen LogP contribution is -1.94. The number of hydrogen-bond acceptors (Lipinski definition) is 7. The summed E-state index contributed by atoms with van der Waals surface area (Å²) >= 11 is 3.12. The summed E-state index contributed by atoms with van der Waals surface area (Å²) in [5, 5.41) is 1.85. The van der Waals surface area contributed by atoms with E-state index in [0.29, 0.717) is 12.2 Å². The summed E-state index contributed by atoms with van der Waals surface area (Å²) < 4.78 is 0. The van der Waals surface area contributed by atoms with Crippen molar-refractivity contribution in [3.05, 3.63) is 23.1 Å². The van der Waals surface area contributed by atoms with Gasteiger partial charge in [-0.05, 0) is 6.92 Å². The first-order valence-corrected chi connectivity index (χ1v) is 6.65. The summed E-state index contributed by atoms with van der Waals surface area (Å²) in [4.78, 5) is 19.2. The third kappa shape index (κ3) is 1.82. The molecule has 0 aromatic carbocycles. The molecule has 0 unspecified atom stereocenters. The highest BCUT2D eigenvalue weighted by molar-refractivity contribution is 7.25. The maximum atomic E-state index is 5.59. The molecule has 0 radical (unpaired) electrons. The molecule has 5 nitrogen and oxygen atoms in total. The van der Waals surface area contributed by atoms with E-state index in [2.05, 4.69) is 19.9 Å². The number of nitrogens with two attached hydrogens (primary N) is 1. The summed E-state index contributed by atoms with van der Waals surface area (Å²) in [6, 6.07) is 0. The van der Waals surface area contributed by atoms with Crippen molar-refractivity contribution in [2.45, 2.75) is 13.5 Å².